The monoisotopic (exact) mass is 322 g/mol. The fraction of sp³-hybridized carbons (Fsp3) is 0.588. The lowest BCUT2D eigenvalue weighted by Gasteiger charge is -2.36. The van der Waals surface area contributed by atoms with Crippen molar-refractivity contribution in [2.24, 2.45) is 0 Å². The van der Waals surface area contributed by atoms with E-state index in [1.54, 1.807) is 6.07 Å². The van der Waals surface area contributed by atoms with Crippen LogP contribution in [0.15, 0.2) is 23.0 Å². The van der Waals surface area contributed by atoms with E-state index in [-0.39, 0.29) is 18.4 Å². The summed E-state index contributed by atoms with van der Waals surface area (Å²) in [6.45, 7) is 4.21. The maximum Gasteiger partial charge on any atom is 0.255 e. The van der Waals surface area contributed by atoms with Crippen LogP contribution in [0, 0.1) is 0 Å². The largest absolute Gasteiger partial charge is 0.472 e. The normalized spacial score (nSPS) is 15.7. The molecule has 1 aliphatic rings. The van der Waals surface area contributed by atoms with Gasteiger partial charge in [0, 0.05) is 0 Å². The van der Waals surface area contributed by atoms with Crippen LogP contribution in [0.2, 0.25) is 0 Å². The number of rotatable bonds is 5. The predicted octanol–water partition coefficient (Wildman–Crippen LogP) is 2.44. The second-order valence-corrected chi connectivity index (χ2v) is 5.69. The van der Waals surface area contributed by atoms with Gasteiger partial charge in [0.1, 0.15) is 18.1 Å². The van der Waals surface area contributed by atoms with Crippen LogP contribution in [0.3, 0.4) is 0 Å². The maximum absolute atomic E-state index is 12.3. The van der Waals surface area contributed by atoms with Crippen molar-refractivity contribution >= 4 is 18.1 Å². The van der Waals surface area contributed by atoms with Crippen LogP contribution in [0.5, 0.6) is 0 Å². The summed E-state index contributed by atoms with van der Waals surface area (Å²) in [6.07, 6.45) is 8.60. The topological polar surface area (TPSA) is 88.4 Å². The number of hydrogen-bond acceptors (Lipinski definition) is 4. The number of carbonyl (C=O) groups excluding carboxylic acids is 3. The Morgan fingerprint density at radius 1 is 1.26 bits per heavy atom. The van der Waals surface area contributed by atoms with Crippen molar-refractivity contribution in [1.82, 2.24) is 10.6 Å². The quantitative estimate of drug-likeness (QED) is 0.815. The molecule has 0 aromatic carbocycles. The van der Waals surface area contributed by atoms with Crippen molar-refractivity contribution in [3.63, 3.8) is 0 Å². The fourth-order valence-electron chi connectivity index (χ4n) is 2.55. The molecular weight excluding hydrogens is 296 g/mol. The van der Waals surface area contributed by atoms with E-state index in [9.17, 15) is 14.4 Å². The van der Waals surface area contributed by atoms with Crippen LogP contribution < -0.4 is 10.6 Å². The Kier molecular flexibility index (Phi) is 8.08. The summed E-state index contributed by atoms with van der Waals surface area (Å²) in [4.78, 5) is 34.8. The molecule has 2 amide bonds. The molecule has 1 aliphatic carbocycles. The maximum atomic E-state index is 12.3. The van der Waals surface area contributed by atoms with Gasteiger partial charge < -0.3 is 19.8 Å². The van der Waals surface area contributed by atoms with Crippen molar-refractivity contribution < 1.29 is 18.8 Å². The van der Waals surface area contributed by atoms with E-state index in [1.165, 1.54) is 18.9 Å². The van der Waals surface area contributed by atoms with Gasteiger partial charge in [-0.25, -0.2) is 0 Å². The molecule has 0 atom stereocenters. The van der Waals surface area contributed by atoms with E-state index in [0.717, 1.165) is 19.3 Å². The number of nitrogens with one attached hydrogen (secondary N) is 2. The molecule has 0 aliphatic heterocycles. The SMILES string of the molecule is CCC.O=CCNC(=O)C1(NC(=O)c2ccoc2)CCCCC1. The molecular formula is C17H26N2O4. The van der Waals surface area contributed by atoms with E-state index in [1.807, 2.05) is 0 Å². The Morgan fingerprint density at radius 2 is 1.91 bits per heavy atom. The highest BCUT2D eigenvalue weighted by Crippen LogP contribution is 2.29. The summed E-state index contributed by atoms with van der Waals surface area (Å²) in [7, 11) is 0. The van der Waals surface area contributed by atoms with E-state index < -0.39 is 5.54 Å². The average Bonchev–Trinajstić information content (AvgIpc) is 3.09. The minimum atomic E-state index is -0.921. The summed E-state index contributed by atoms with van der Waals surface area (Å²) in [6, 6.07) is 1.55. The van der Waals surface area contributed by atoms with Gasteiger partial charge in [0.05, 0.1) is 18.4 Å². The van der Waals surface area contributed by atoms with Crippen LogP contribution in [0.4, 0.5) is 0 Å². The summed E-state index contributed by atoms with van der Waals surface area (Å²) in [5.41, 5.74) is -0.534. The highest BCUT2D eigenvalue weighted by molar-refractivity contribution is 5.99. The molecule has 23 heavy (non-hydrogen) atoms. The lowest BCUT2D eigenvalue weighted by atomic mass is 9.80. The van der Waals surface area contributed by atoms with E-state index >= 15 is 0 Å². The zero-order valence-electron chi connectivity index (χ0n) is 13.9. The zero-order chi connectivity index (χ0) is 17.1. The lowest BCUT2D eigenvalue weighted by molar-refractivity contribution is -0.129. The number of aldehydes is 1. The lowest BCUT2D eigenvalue weighted by Crippen LogP contribution is -2.59. The molecule has 0 spiro atoms. The van der Waals surface area contributed by atoms with Gasteiger partial charge in [0.25, 0.3) is 5.91 Å². The molecule has 6 heteroatoms. The molecule has 1 saturated carbocycles. The first kappa shape index (κ1) is 18.9. The number of furan rings is 1. The first-order valence-electron chi connectivity index (χ1n) is 8.16. The van der Waals surface area contributed by atoms with E-state index in [2.05, 4.69) is 24.5 Å². The second-order valence-electron chi connectivity index (χ2n) is 5.69. The molecule has 128 valence electrons. The Bertz CT molecular complexity index is 491. The zero-order valence-corrected chi connectivity index (χ0v) is 13.9. The van der Waals surface area contributed by atoms with Gasteiger partial charge in [0.2, 0.25) is 5.91 Å². The molecule has 0 saturated heterocycles. The summed E-state index contributed by atoms with van der Waals surface area (Å²) >= 11 is 0. The van der Waals surface area contributed by atoms with Gasteiger partial charge in [-0.1, -0.05) is 39.5 Å². The van der Waals surface area contributed by atoms with Crippen molar-refractivity contribution in [2.75, 3.05) is 6.54 Å². The molecule has 2 N–H and O–H groups in total. The van der Waals surface area contributed by atoms with E-state index in [4.69, 9.17) is 4.42 Å². The number of hydrogen-bond donors (Lipinski definition) is 2. The Labute approximate surface area is 137 Å². The highest BCUT2D eigenvalue weighted by atomic mass is 16.3. The van der Waals surface area contributed by atoms with Crippen molar-refractivity contribution in [1.29, 1.82) is 0 Å². The van der Waals surface area contributed by atoms with Crippen LogP contribution in [-0.4, -0.2) is 30.2 Å². The standard InChI is InChI=1S/C14H18N2O4.C3H8/c17-8-7-15-13(19)14(5-2-1-3-6-14)16-12(18)11-4-9-20-10-11;1-3-2/h4,8-10H,1-3,5-7H2,(H,15,19)(H,16,18);3H2,1-2H3. The Morgan fingerprint density at radius 3 is 2.43 bits per heavy atom. The van der Waals surface area contributed by atoms with Gasteiger partial charge in [-0.05, 0) is 18.9 Å². The molecule has 6 nitrogen and oxygen atoms in total. The molecule has 1 aromatic heterocycles. The van der Waals surface area contributed by atoms with Crippen LogP contribution in [0.1, 0.15) is 62.7 Å². The first-order valence-corrected chi connectivity index (χ1v) is 8.16. The van der Waals surface area contributed by atoms with Gasteiger partial charge in [-0.15, -0.1) is 0 Å². The van der Waals surface area contributed by atoms with Gasteiger partial charge in [-0.2, -0.15) is 0 Å². The Hall–Kier alpha value is -2.11. The third kappa shape index (κ3) is 5.54. The average molecular weight is 322 g/mol. The molecule has 1 heterocycles. The first-order chi connectivity index (χ1) is 11.1. The third-order valence-corrected chi connectivity index (χ3v) is 3.62. The second kappa shape index (κ2) is 9.82. The van der Waals surface area contributed by atoms with Crippen LogP contribution >= 0.6 is 0 Å². The minimum Gasteiger partial charge on any atom is -0.472 e. The summed E-state index contributed by atoms with van der Waals surface area (Å²) < 4.78 is 4.88. The van der Waals surface area contributed by atoms with Gasteiger partial charge in [0.15, 0.2) is 0 Å². The molecule has 0 unspecified atom stereocenters. The summed E-state index contributed by atoms with van der Waals surface area (Å²) in [5.74, 6) is -0.622. The van der Waals surface area contributed by atoms with Crippen LogP contribution in [-0.2, 0) is 9.59 Å². The van der Waals surface area contributed by atoms with Crippen LogP contribution in [0.25, 0.3) is 0 Å². The third-order valence-electron chi connectivity index (χ3n) is 3.62. The van der Waals surface area contributed by atoms with Crippen molar-refractivity contribution in [3.8, 4) is 0 Å². The van der Waals surface area contributed by atoms with E-state index in [0.29, 0.717) is 24.7 Å². The summed E-state index contributed by atoms with van der Waals surface area (Å²) in [5, 5.41) is 5.36. The molecule has 1 fully saturated rings. The predicted molar refractivity (Wildman–Crippen MR) is 87.0 cm³/mol. The van der Waals surface area contributed by atoms with Gasteiger partial charge in [-0.3, -0.25) is 9.59 Å². The highest BCUT2D eigenvalue weighted by Gasteiger charge is 2.40. The minimum absolute atomic E-state index is 0.0395. The Balaban J connectivity index is 0.000000816. The molecule has 0 radical (unpaired) electrons. The fourth-order valence-corrected chi connectivity index (χ4v) is 2.55. The smallest absolute Gasteiger partial charge is 0.255 e. The van der Waals surface area contributed by atoms with Crippen molar-refractivity contribution in [2.45, 2.75) is 57.9 Å². The molecule has 1 aromatic rings. The van der Waals surface area contributed by atoms with Gasteiger partial charge >= 0.3 is 0 Å². The molecule has 2 rings (SSSR count). The van der Waals surface area contributed by atoms with Crippen molar-refractivity contribution in [3.05, 3.63) is 24.2 Å². The number of amides is 2. The molecule has 0 bridgehead atoms. The number of carbonyl (C=O) groups is 3.